The molecule has 0 aliphatic rings. The molecule has 52 heavy (non-hydrogen) atoms. The molecule has 19 heteroatoms. The van der Waals surface area contributed by atoms with Gasteiger partial charge in [-0.2, -0.15) is 0 Å². The summed E-state index contributed by atoms with van der Waals surface area (Å²) >= 11 is 0. The molecule has 0 unspecified atom stereocenters. The van der Waals surface area contributed by atoms with Gasteiger partial charge in [0.05, 0.1) is 6.61 Å². The molecule has 0 amide bonds. The fraction of sp³-hybridized carbons (Fsp3) is 0.939. The monoisotopic (exact) mass is 890 g/mol. The Labute approximate surface area is 332 Å². The molecule has 0 heterocycles. The van der Waals surface area contributed by atoms with Crippen molar-refractivity contribution in [1.29, 1.82) is 0 Å². The lowest BCUT2D eigenvalue weighted by molar-refractivity contribution is 0.142. The smallest absolute Gasteiger partial charge is 0.455 e. The van der Waals surface area contributed by atoms with Gasteiger partial charge in [0.1, 0.15) is 16.5 Å². The van der Waals surface area contributed by atoms with Crippen LogP contribution in [0.15, 0.2) is 11.8 Å². The molecule has 312 valence electrons. The molecule has 1 N–H and O–H groups in total. The summed E-state index contributed by atoms with van der Waals surface area (Å²) in [7, 11) is -13.7. The van der Waals surface area contributed by atoms with Crippen LogP contribution >= 0.6 is 0 Å². The second kappa shape index (κ2) is 21.9. The van der Waals surface area contributed by atoms with Crippen LogP contribution < -0.4 is 5.32 Å². The van der Waals surface area contributed by atoms with Crippen LogP contribution in [0.3, 0.4) is 0 Å². The maximum Gasteiger partial charge on any atom is 0.491 e. The van der Waals surface area contributed by atoms with E-state index < -0.39 is 75.9 Å². The molecule has 0 aliphatic carbocycles. The molecule has 0 spiro atoms. The minimum Gasteiger partial charge on any atom is -0.455 e. The molecule has 0 atom stereocenters. The van der Waals surface area contributed by atoms with Crippen LogP contribution in [0.1, 0.15) is 19.3 Å². The van der Waals surface area contributed by atoms with Gasteiger partial charge in [-0.1, -0.05) is 51.1 Å². The summed E-state index contributed by atoms with van der Waals surface area (Å²) in [6.45, 7) is 45.3. The van der Waals surface area contributed by atoms with Crippen LogP contribution in [-0.4, -0.2) is 128 Å². The molecular formula is C33H86N2O8Si9. The molecule has 0 saturated carbocycles. The molecule has 0 bridgehead atoms. The highest BCUT2D eigenvalue weighted by Gasteiger charge is 2.49. The quantitative estimate of drug-likeness (QED) is 0.0579. The standard InChI is InChI=1S/C33H86N2O8Si9/c1-36-29-25-32-48(14,15)40-49(16,17)41-50(18,19)42-51(20,21)43-52(37-2,38-3)33-23-27-34-26-22-30-46(10,11)39-47(12,13)31-24-28-35(44(4,5)6)45(7,8)9/h25,32,34H,22-24,26-31,33H2,1-21H3/b32-25+. The van der Waals surface area contributed by atoms with Crippen LogP contribution in [0, 0.1) is 0 Å². The molecular weight excluding hydrogens is 805 g/mol. The summed E-state index contributed by atoms with van der Waals surface area (Å²) in [5, 5.41) is 3.66. The van der Waals surface area contributed by atoms with Gasteiger partial charge in [0.25, 0.3) is 0 Å². The number of ether oxygens (including phenoxy) is 1. The summed E-state index contributed by atoms with van der Waals surface area (Å²) in [5.74, 6) is 0. The van der Waals surface area contributed by atoms with E-state index in [4.69, 9.17) is 34.2 Å². The van der Waals surface area contributed by atoms with Crippen LogP contribution in [0.25, 0.3) is 0 Å². The molecule has 0 saturated heterocycles. The van der Waals surface area contributed by atoms with Crippen molar-refractivity contribution in [1.82, 2.24) is 9.55 Å². The van der Waals surface area contributed by atoms with E-state index in [1.54, 1.807) is 21.3 Å². The normalized spacial score (nSPS) is 15.0. The molecule has 0 aromatic carbocycles. The van der Waals surface area contributed by atoms with Crippen molar-refractivity contribution in [2.45, 2.75) is 155 Å². The third-order valence-corrected chi connectivity index (χ3v) is 42.2. The third-order valence-electron chi connectivity index (χ3n) is 8.60. The molecule has 0 aromatic heterocycles. The van der Waals surface area contributed by atoms with Crippen molar-refractivity contribution < 1.29 is 34.2 Å². The maximum absolute atomic E-state index is 7.01. The van der Waals surface area contributed by atoms with Gasteiger partial charge >= 0.3 is 34.5 Å². The molecule has 0 fully saturated rings. The minimum atomic E-state index is -2.94. The van der Waals surface area contributed by atoms with Gasteiger partial charge < -0.3 is 43.7 Å². The minimum absolute atomic E-state index is 0.580. The lowest BCUT2D eigenvalue weighted by Gasteiger charge is -2.44. The zero-order valence-electron chi connectivity index (χ0n) is 37.9. The van der Waals surface area contributed by atoms with Gasteiger partial charge in [0.2, 0.25) is 0 Å². The largest absolute Gasteiger partial charge is 0.491 e. The maximum atomic E-state index is 7.01. The van der Waals surface area contributed by atoms with E-state index in [0.717, 1.165) is 32.0 Å². The highest BCUT2D eigenvalue weighted by atomic mass is 28.5. The van der Waals surface area contributed by atoms with Crippen molar-refractivity contribution in [3.8, 4) is 0 Å². The Morgan fingerprint density at radius 2 is 0.923 bits per heavy atom. The number of nitrogens with zero attached hydrogens (tertiary/aromatic N) is 1. The van der Waals surface area contributed by atoms with Gasteiger partial charge in [-0.25, -0.2) is 0 Å². The van der Waals surface area contributed by atoms with Gasteiger partial charge in [-0.3, -0.25) is 0 Å². The number of methoxy groups -OCH3 is 1. The average molecular weight is 892 g/mol. The first-order valence-electron chi connectivity index (χ1n) is 19.5. The van der Waals surface area contributed by atoms with Crippen LogP contribution in [0.5, 0.6) is 0 Å². The zero-order valence-corrected chi connectivity index (χ0v) is 46.9. The van der Waals surface area contributed by atoms with Crippen LogP contribution in [0.4, 0.5) is 0 Å². The van der Waals surface area contributed by atoms with Gasteiger partial charge in [-0.05, 0) is 130 Å². The summed E-state index contributed by atoms with van der Waals surface area (Å²) in [4.78, 5) is 0. The van der Waals surface area contributed by atoms with Crippen LogP contribution in [0.2, 0.25) is 136 Å². The summed E-state index contributed by atoms with van der Waals surface area (Å²) in [6, 6.07) is 3.15. The highest BCUT2D eigenvalue weighted by molar-refractivity contribution is 6.91. The van der Waals surface area contributed by atoms with E-state index in [9.17, 15) is 0 Å². The molecule has 10 nitrogen and oxygen atoms in total. The lowest BCUT2D eigenvalue weighted by Crippen LogP contribution is -2.60. The number of rotatable bonds is 29. The second-order valence-electron chi connectivity index (χ2n) is 19.3. The topological polar surface area (TPSA) is 89.1 Å². The van der Waals surface area contributed by atoms with E-state index in [2.05, 4.69) is 133 Å². The Bertz CT molecular complexity index is 1040. The Hall–Kier alpha value is 1.29. The first-order valence-corrected chi connectivity index (χ1v) is 46.0. The van der Waals surface area contributed by atoms with E-state index in [-0.39, 0.29) is 0 Å². The predicted octanol–water partition coefficient (Wildman–Crippen LogP) is 9.50. The molecule has 0 aromatic rings. The van der Waals surface area contributed by atoms with Crippen molar-refractivity contribution >= 4 is 75.9 Å². The zero-order chi connectivity index (χ0) is 40.9. The summed E-state index contributed by atoms with van der Waals surface area (Å²) in [6.07, 6.45) is 5.34. The Morgan fingerprint density at radius 1 is 0.500 bits per heavy atom. The second-order valence-corrected chi connectivity index (χ2v) is 56.3. The summed E-state index contributed by atoms with van der Waals surface area (Å²) in [5.41, 5.74) is 2.16. The first kappa shape index (κ1) is 53.3. The molecule has 0 radical (unpaired) electrons. The lowest BCUT2D eigenvalue weighted by atomic mass is 10.4. The Morgan fingerprint density at radius 3 is 1.37 bits per heavy atom. The number of nitrogens with one attached hydrogen (secondary N) is 1. The van der Waals surface area contributed by atoms with Crippen molar-refractivity contribution in [3.63, 3.8) is 0 Å². The van der Waals surface area contributed by atoms with Crippen molar-refractivity contribution in [3.05, 3.63) is 11.8 Å². The predicted molar refractivity (Wildman–Crippen MR) is 246 cm³/mol. The van der Waals surface area contributed by atoms with E-state index in [1.807, 2.05) is 6.08 Å². The van der Waals surface area contributed by atoms with Gasteiger partial charge in [0.15, 0.2) is 25.0 Å². The average Bonchev–Trinajstić information content (AvgIpc) is 2.90. The third kappa shape index (κ3) is 23.5. The van der Waals surface area contributed by atoms with Crippen LogP contribution in [-0.2, 0) is 34.2 Å². The number of hydrogen-bond donors (Lipinski definition) is 1. The van der Waals surface area contributed by atoms with Crippen molar-refractivity contribution in [2.75, 3.05) is 47.6 Å². The fourth-order valence-corrected chi connectivity index (χ4v) is 48.4. The van der Waals surface area contributed by atoms with E-state index in [0.29, 0.717) is 6.61 Å². The first-order chi connectivity index (χ1) is 23.3. The van der Waals surface area contributed by atoms with E-state index >= 15 is 0 Å². The van der Waals surface area contributed by atoms with E-state index in [1.165, 1.54) is 25.1 Å². The fourth-order valence-electron chi connectivity index (χ4n) is 7.52. The van der Waals surface area contributed by atoms with Gasteiger partial charge in [0, 0.05) is 27.4 Å². The highest BCUT2D eigenvalue weighted by Crippen LogP contribution is 2.29. The Kier molecular flexibility index (Phi) is 22.4. The molecule has 0 aliphatic heterocycles. The van der Waals surface area contributed by atoms with Gasteiger partial charge in [-0.15, -0.1) is 0 Å². The summed E-state index contributed by atoms with van der Waals surface area (Å²) < 4.78 is 53.9. The SMILES string of the molecule is COC/C=C/[Si](C)(C)O[Si](C)(C)O[Si](C)(C)O[Si](C)(C)O[Si](CCCNCCC[Si](C)(C)O[Si](C)(C)CCCN([Si](C)(C)C)[Si](C)(C)C)(OC)OC. The Balaban J connectivity index is 4.94. The number of hydrogen-bond acceptors (Lipinski definition) is 10. The van der Waals surface area contributed by atoms with Crippen molar-refractivity contribution in [2.24, 2.45) is 0 Å². The molecule has 0 rings (SSSR count).